The van der Waals surface area contributed by atoms with Gasteiger partial charge in [-0.1, -0.05) is 37.3 Å². The van der Waals surface area contributed by atoms with Crippen LogP contribution in [0.1, 0.15) is 42.2 Å². The van der Waals surface area contributed by atoms with Gasteiger partial charge in [-0.15, -0.1) is 0 Å². The van der Waals surface area contributed by atoms with Crippen LogP contribution in [-0.4, -0.2) is 0 Å². The third-order valence-electron chi connectivity index (χ3n) is 4.11. The van der Waals surface area contributed by atoms with Crippen molar-refractivity contribution >= 4 is 0 Å². The summed E-state index contributed by atoms with van der Waals surface area (Å²) in [6.07, 6.45) is 3.86. The highest BCUT2D eigenvalue weighted by Crippen LogP contribution is 2.54. The van der Waals surface area contributed by atoms with Crippen LogP contribution in [0.3, 0.4) is 0 Å². The molecule has 3 unspecified atom stereocenters. The molecular weight excluding hydrogens is 236 g/mol. The smallest absolute Gasteiger partial charge is 0.108 e. The predicted molar refractivity (Wildman–Crippen MR) is 75.4 cm³/mol. The van der Waals surface area contributed by atoms with Gasteiger partial charge < -0.3 is 4.42 Å². The van der Waals surface area contributed by atoms with E-state index in [2.05, 4.69) is 42.7 Å². The number of hydrogen-bond acceptors (Lipinski definition) is 3. The monoisotopic (exact) mass is 256 g/mol. The summed E-state index contributed by atoms with van der Waals surface area (Å²) < 4.78 is 5.52. The van der Waals surface area contributed by atoms with Gasteiger partial charge in [0.25, 0.3) is 0 Å². The largest absolute Gasteiger partial charge is 0.469 e. The fourth-order valence-corrected chi connectivity index (χ4v) is 3.03. The minimum Gasteiger partial charge on any atom is -0.469 e. The third-order valence-corrected chi connectivity index (χ3v) is 4.11. The molecule has 19 heavy (non-hydrogen) atoms. The van der Waals surface area contributed by atoms with Crippen LogP contribution in [0.5, 0.6) is 0 Å². The van der Waals surface area contributed by atoms with Crippen molar-refractivity contribution in [1.82, 2.24) is 5.43 Å². The van der Waals surface area contributed by atoms with E-state index in [9.17, 15) is 0 Å². The van der Waals surface area contributed by atoms with Crippen molar-refractivity contribution in [2.24, 2.45) is 11.8 Å². The Balaban J connectivity index is 1.79. The molecule has 3 nitrogen and oxygen atoms in total. The average molecular weight is 256 g/mol. The summed E-state index contributed by atoms with van der Waals surface area (Å²) in [7, 11) is 0. The van der Waals surface area contributed by atoms with E-state index in [-0.39, 0.29) is 6.04 Å². The second-order valence-electron chi connectivity index (χ2n) is 5.21. The number of hydrogen-bond donors (Lipinski definition) is 2. The van der Waals surface area contributed by atoms with Gasteiger partial charge in [-0.25, -0.2) is 0 Å². The summed E-state index contributed by atoms with van der Waals surface area (Å²) in [6.45, 7) is 2.11. The van der Waals surface area contributed by atoms with Crippen LogP contribution in [0.2, 0.25) is 0 Å². The highest BCUT2D eigenvalue weighted by atomic mass is 16.3. The first kappa shape index (κ1) is 12.5. The summed E-state index contributed by atoms with van der Waals surface area (Å²) in [5.74, 6) is 8.00. The summed E-state index contributed by atoms with van der Waals surface area (Å²) in [5.41, 5.74) is 5.61. The Hall–Kier alpha value is -1.58. The van der Waals surface area contributed by atoms with Crippen LogP contribution in [0, 0.1) is 5.92 Å². The van der Waals surface area contributed by atoms with Crippen LogP contribution in [-0.2, 0) is 6.42 Å². The molecular formula is C16H20N2O. The zero-order valence-corrected chi connectivity index (χ0v) is 11.2. The third kappa shape index (κ3) is 2.31. The zero-order chi connectivity index (χ0) is 13.2. The lowest BCUT2D eigenvalue weighted by Crippen LogP contribution is -2.30. The van der Waals surface area contributed by atoms with Crippen molar-refractivity contribution in [2.45, 2.75) is 31.7 Å². The molecule has 0 saturated heterocycles. The molecule has 0 aliphatic heterocycles. The van der Waals surface area contributed by atoms with Crippen molar-refractivity contribution in [3.63, 3.8) is 0 Å². The van der Waals surface area contributed by atoms with Gasteiger partial charge in [0.15, 0.2) is 0 Å². The first-order valence-corrected chi connectivity index (χ1v) is 6.92. The van der Waals surface area contributed by atoms with Gasteiger partial charge in [-0.2, -0.15) is 0 Å². The van der Waals surface area contributed by atoms with Crippen LogP contribution in [0.25, 0.3) is 0 Å². The molecule has 100 valence electrons. The fraction of sp³-hybridized carbons (Fsp3) is 0.375. The van der Waals surface area contributed by atoms with Gasteiger partial charge in [-0.05, 0) is 29.9 Å². The molecule has 3 atom stereocenters. The minimum atomic E-state index is 0.193. The van der Waals surface area contributed by atoms with E-state index in [0.29, 0.717) is 11.8 Å². The van der Waals surface area contributed by atoms with Gasteiger partial charge >= 0.3 is 0 Å². The summed E-state index contributed by atoms with van der Waals surface area (Å²) in [6, 6.07) is 12.9. The van der Waals surface area contributed by atoms with Gasteiger partial charge in [0.05, 0.1) is 12.3 Å². The van der Waals surface area contributed by atoms with Gasteiger partial charge in [-0.3, -0.25) is 11.3 Å². The van der Waals surface area contributed by atoms with Crippen molar-refractivity contribution < 1.29 is 4.42 Å². The quantitative estimate of drug-likeness (QED) is 0.638. The Kier molecular flexibility index (Phi) is 3.40. The highest BCUT2D eigenvalue weighted by Gasteiger charge is 2.44. The Morgan fingerprint density at radius 2 is 2.11 bits per heavy atom. The summed E-state index contributed by atoms with van der Waals surface area (Å²) in [4.78, 5) is 0. The molecule has 3 N–H and O–H groups in total. The second kappa shape index (κ2) is 5.19. The first-order chi connectivity index (χ1) is 9.35. The molecule has 2 aromatic rings. The van der Waals surface area contributed by atoms with E-state index < -0.39 is 0 Å². The maximum absolute atomic E-state index is 5.78. The van der Waals surface area contributed by atoms with Crippen LogP contribution < -0.4 is 11.3 Å². The minimum absolute atomic E-state index is 0.193. The molecule has 1 heterocycles. The van der Waals surface area contributed by atoms with E-state index >= 15 is 0 Å². The van der Waals surface area contributed by atoms with Crippen LogP contribution >= 0.6 is 0 Å². The molecule has 1 aliphatic carbocycles. The molecule has 1 aromatic carbocycles. The standard InChI is InChI=1S/C16H20N2O/c1-2-15-12(8-9-19-15)16(18-17)14-10-13(14)11-6-4-3-5-7-11/h3-9,13-14,16,18H,2,10,17H2,1H3. The van der Waals surface area contributed by atoms with Gasteiger partial charge in [0, 0.05) is 12.0 Å². The maximum atomic E-state index is 5.78. The Bertz CT molecular complexity index is 535. The number of hydrazine groups is 1. The second-order valence-corrected chi connectivity index (χ2v) is 5.21. The number of aryl methyl sites for hydroxylation is 1. The van der Waals surface area contributed by atoms with Gasteiger partial charge in [0.1, 0.15) is 5.76 Å². The number of rotatable bonds is 5. The maximum Gasteiger partial charge on any atom is 0.108 e. The van der Waals surface area contributed by atoms with E-state index in [1.807, 2.05) is 6.07 Å². The van der Waals surface area contributed by atoms with E-state index in [4.69, 9.17) is 10.3 Å². The lowest BCUT2D eigenvalue weighted by Gasteiger charge is -2.16. The van der Waals surface area contributed by atoms with E-state index in [1.54, 1.807) is 6.26 Å². The SMILES string of the molecule is CCc1occc1C(NN)C1CC1c1ccccc1. The molecule has 1 fully saturated rings. The lowest BCUT2D eigenvalue weighted by atomic mass is 9.99. The number of benzene rings is 1. The molecule has 0 amide bonds. The Morgan fingerprint density at radius 1 is 1.32 bits per heavy atom. The average Bonchev–Trinajstić information content (AvgIpc) is 3.10. The molecule has 0 spiro atoms. The Morgan fingerprint density at radius 3 is 2.79 bits per heavy atom. The number of furan rings is 1. The molecule has 3 heteroatoms. The molecule has 1 aliphatic rings. The van der Waals surface area contributed by atoms with Crippen LogP contribution in [0.4, 0.5) is 0 Å². The van der Waals surface area contributed by atoms with Crippen molar-refractivity contribution in [1.29, 1.82) is 0 Å². The van der Waals surface area contributed by atoms with Crippen molar-refractivity contribution in [3.8, 4) is 0 Å². The first-order valence-electron chi connectivity index (χ1n) is 6.92. The van der Waals surface area contributed by atoms with Gasteiger partial charge in [0.2, 0.25) is 0 Å². The zero-order valence-electron chi connectivity index (χ0n) is 11.2. The van der Waals surface area contributed by atoms with E-state index in [1.165, 1.54) is 17.5 Å². The topological polar surface area (TPSA) is 51.2 Å². The summed E-state index contributed by atoms with van der Waals surface area (Å²) in [5, 5.41) is 0. The lowest BCUT2D eigenvalue weighted by molar-refractivity contribution is 0.458. The Labute approximate surface area is 113 Å². The van der Waals surface area contributed by atoms with Crippen molar-refractivity contribution in [3.05, 3.63) is 59.5 Å². The highest BCUT2D eigenvalue weighted by molar-refractivity contribution is 5.31. The van der Waals surface area contributed by atoms with E-state index in [0.717, 1.165) is 12.2 Å². The van der Waals surface area contributed by atoms with Crippen molar-refractivity contribution in [2.75, 3.05) is 0 Å². The number of nitrogens with one attached hydrogen (secondary N) is 1. The predicted octanol–water partition coefficient (Wildman–Crippen LogP) is 3.15. The molecule has 1 saturated carbocycles. The number of nitrogens with two attached hydrogens (primary N) is 1. The fourth-order valence-electron chi connectivity index (χ4n) is 3.03. The summed E-state index contributed by atoms with van der Waals surface area (Å²) >= 11 is 0. The van der Waals surface area contributed by atoms with Crippen LogP contribution in [0.15, 0.2) is 47.1 Å². The molecule has 0 radical (unpaired) electrons. The normalized spacial score (nSPS) is 23.3. The molecule has 3 rings (SSSR count). The molecule has 1 aromatic heterocycles. The molecule has 0 bridgehead atoms.